The zero-order valence-corrected chi connectivity index (χ0v) is 10.7. The Bertz CT molecular complexity index is 670. The molecule has 0 atom stereocenters. The average molecular weight is 296 g/mol. The van der Waals surface area contributed by atoms with E-state index in [2.05, 4.69) is 5.16 Å². The Morgan fingerprint density at radius 3 is 2.33 bits per heavy atom. The molecule has 0 heterocycles. The van der Waals surface area contributed by atoms with Gasteiger partial charge in [-0.05, 0) is 35.9 Å². The Balaban J connectivity index is 2.13. The molecule has 21 heavy (non-hydrogen) atoms. The van der Waals surface area contributed by atoms with Crippen LogP contribution in [0.15, 0.2) is 41.6 Å². The van der Waals surface area contributed by atoms with Crippen LogP contribution in [0, 0.1) is 17.5 Å². The first-order valence-corrected chi connectivity index (χ1v) is 5.85. The molecule has 2 aromatic rings. The number of hydrogen-bond donors (Lipinski definition) is 2. The molecule has 0 fully saturated rings. The molecule has 0 unspecified atom stereocenters. The first-order valence-electron chi connectivity index (χ1n) is 5.85. The SMILES string of the molecule is N/C(=N/O)c1ccc(OCc2cc(F)cc(F)c2)c(F)c1. The summed E-state index contributed by atoms with van der Waals surface area (Å²) in [5.41, 5.74) is 5.73. The third-order valence-electron chi connectivity index (χ3n) is 2.65. The van der Waals surface area contributed by atoms with E-state index in [0.717, 1.165) is 24.3 Å². The van der Waals surface area contributed by atoms with Gasteiger partial charge in [-0.2, -0.15) is 0 Å². The Hall–Kier alpha value is -2.70. The van der Waals surface area contributed by atoms with Gasteiger partial charge in [0, 0.05) is 11.6 Å². The highest BCUT2D eigenvalue weighted by Gasteiger charge is 2.08. The highest BCUT2D eigenvalue weighted by atomic mass is 19.1. The fourth-order valence-corrected chi connectivity index (χ4v) is 1.69. The van der Waals surface area contributed by atoms with Crippen molar-refractivity contribution in [3.05, 3.63) is 65.0 Å². The minimum Gasteiger partial charge on any atom is -0.486 e. The van der Waals surface area contributed by atoms with Crippen LogP contribution in [0.2, 0.25) is 0 Å². The van der Waals surface area contributed by atoms with E-state index in [9.17, 15) is 13.2 Å². The molecule has 0 aliphatic heterocycles. The molecular weight excluding hydrogens is 285 g/mol. The van der Waals surface area contributed by atoms with E-state index >= 15 is 0 Å². The standard InChI is InChI=1S/C14H11F3N2O2/c15-10-3-8(4-11(16)6-10)7-21-13-2-1-9(5-12(13)17)14(18)19-20/h1-6,20H,7H2,(H2,18,19). The van der Waals surface area contributed by atoms with Crippen LogP contribution in [0.3, 0.4) is 0 Å². The second-order valence-corrected chi connectivity index (χ2v) is 4.20. The molecule has 0 spiro atoms. The van der Waals surface area contributed by atoms with E-state index in [-0.39, 0.29) is 29.3 Å². The fourth-order valence-electron chi connectivity index (χ4n) is 1.69. The highest BCUT2D eigenvalue weighted by molar-refractivity contribution is 5.97. The molecule has 0 aliphatic rings. The maximum absolute atomic E-state index is 13.7. The van der Waals surface area contributed by atoms with Gasteiger partial charge < -0.3 is 15.7 Å². The molecule has 0 bridgehead atoms. The van der Waals surface area contributed by atoms with Gasteiger partial charge in [-0.15, -0.1) is 0 Å². The molecule has 0 aromatic heterocycles. The predicted octanol–water partition coefficient (Wildman–Crippen LogP) is 2.78. The molecule has 7 heteroatoms. The molecule has 0 aliphatic carbocycles. The summed E-state index contributed by atoms with van der Waals surface area (Å²) in [6.07, 6.45) is 0. The number of halogens is 3. The van der Waals surface area contributed by atoms with Crippen molar-refractivity contribution in [2.75, 3.05) is 0 Å². The van der Waals surface area contributed by atoms with Crippen molar-refractivity contribution >= 4 is 5.84 Å². The Morgan fingerprint density at radius 1 is 1.10 bits per heavy atom. The van der Waals surface area contributed by atoms with Crippen LogP contribution < -0.4 is 10.5 Å². The van der Waals surface area contributed by atoms with Crippen LogP contribution in [0.25, 0.3) is 0 Å². The lowest BCUT2D eigenvalue weighted by Crippen LogP contribution is -2.13. The molecule has 4 nitrogen and oxygen atoms in total. The van der Waals surface area contributed by atoms with Crippen LogP contribution in [-0.2, 0) is 6.61 Å². The number of ether oxygens (including phenoxy) is 1. The summed E-state index contributed by atoms with van der Waals surface area (Å²) >= 11 is 0. The van der Waals surface area contributed by atoms with Crippen LogP contribution in [0.4, 0.5) is 13.2 Å². The number of nitrogens with zero attached hydrogens (tertiary/aromatic N) is 1. The summed E-state index contributed by atoms with van der Waals surface area (Å²) in [7, 11) is 0. The van der Waals surface area contributed by atoms with Crippen molar-refractivity contribution in [3.63, 3.8) is 0 Å². The number of rotatable bonds is 4. The summed E-state index contributed by atoms with van der Waals surface area (Å²) in [6, 6.07) is 6.60. The van der Waals surface area contributed by atoms with Crippen molar-refractivity contribution in [2.24, 2.45) is 10.9 Å². The van der Waals surface area contributed by atoms with Crippen LogP contribution in [0.1, 0.15) is 11.1 Å². The van der Waals surface area contributed by atoms with E-state index in [4.69, 9.17) is 15.7 Å². The van der Waals surface area contributed by atoms with E-state index < -0.39 is 17.5 Å². The van der Waals surface area contributed by atoms with Gasteiger partial charge in [0.25, 0.3) is 0 Å². The number of oxime groups is 1. The molecule has 0 amide bonds. The number of nitrogens with two attached hydrogens (primary N) is 1. The summed E-state index contributed by atoms with van der Waals surface area (Å²) in [6.45, 7) is -0.200. The Morgan fingerprint density at radius 2 is 1.76 bits per heavy atom. The van der Waals surface area contributed by atoms with Crippen molar-refractivity contribution in [2.45, 2.75) is 6.61 Å². The van der Waals surface area contributed by atoms with Gasteiger partial charge in [0.2, 0.25) is 0 Å². The molecule has 0 saturated carbocycles. The average Bonchev–Trinajstić information content (AvgIpc) is 2.44. The van der Waals surface area contributed by atoms with E-state index in [1.165, 1.54) is 12.1 Å². The number of benzene rings is 2. The van der Waals surface area contributed by atoms with Gasteiger partial charge in [0.05, 0.1) is 0 Å². The monoisotopic (exact) mass is 296 g/mol. The van der Waals surface area contributed by atoms with Gasteiger partial charge in [-0.1, -0.05) is 5.16 Å². The lowest BCUT2D eigenvalue weighted by atomic mass is 10.2. The normalized spacial score (nSPS) is 11.5. The van der Waals surface area contributed by atoms with Crippen LogP contribution >= 0.6 is 0 Å². The first kappa shape index (κ1) is 14.7. The largest absolute Gasteiger partial charge is 0.486 e. The third kappa shape index (κ3) is 3.65. The third-order valence-corrected chi connectivity index (χ3v) is 2.65. The van der Waals surface area contributed by atoms with Gasteiger partial charge in [-0.25, -0.2) is 13.2 Å². The molecular formula is C14H11F3N2O2. The summed E-state index contributed by atoms with van der Waals surface area (Å²) in [4.78, 5) is 0. The number of amidine groups is 1. The van der Waals surface area contributed by atoms with Crippen molar-refractivity contribution in [1.29, 1.82) is 0 Å². The van der Waals surface area contributed by atoms with Gasteiger partial charge in [-0.3, -0.25) is 0 Å². The minimum absolute atomic E-state index is 0.117. The summed E-state index contributed by atoms with van der Waals surface area (Å²) in [5.74, 6) is -2.58. The molecule has 2 rings (SSSR count). The fraction of sp³-hybridized carbons (Fsp3) is 0.0714. The molecule has 2 aromatic carbocycles. The smallest absolute Gasteiger partial charge is 0.170 e. The zero-order chi connectivity index (χ0) is 15.4. The minimum atomic E-state index is -0.740. The van der Waals surface area contributed by atoms with E-state index in [1.807, 2.05) is 0 Å². The van der Waals surface area contributed by atoms with Crippen molar-refractivity contribution in [3.8, 4) is 5.75 Å². The molecule has 0 saturated heterocycles. The molecule has 110 valence electrons. The van der Waals surface area contributed by atoms with Crippen molar-refractivity contribution in [1.82, 2.24) is 0 Å². The zero-order valence-electron chi connectivity index (χ0n) is 10.7. The second kappa shape index (κ2) is 6.17. The van der Waals surface area contributed by atoms with Gasteiger partial charge in [0.15, 0.2) is 17.4 Å². The summed E-state index contributed by atoms with van der Waals surface area (Å²) < 4.78 is 44.9. The second-order valence-electron chi connectivity index (χ2n) is 4.20. The van der Waals surface area contributed by atoms with Crippen molar-refractivity contribution < 1.29 is 23.1 Å². The lowest BCUT2D eigenvalue weighted by molar-refractivity contribution is 0.289. The summed E-state index contributed by atoms with van der Waals surface area (Å²) in [5, 5.41) is 11.2. The first-order chi connectivity index (χ1) is 9.99. The maximum Gasteiger partial charge on any atom is 0.170 e. The lowest BCUT2D eigenvalue weighted by Gasteiger charge is -2.09. The van der Waals surface area contributed by atoms with Crippen LogP contribution in [0.5, 0.6) is 5.75 Å². The number of hydrogen-bond acceptors (Lipinski definition) is 3. The van der Waals surface area contributed by atoms with Gasteiger partial charge in [0.1, 0.15) is 18.2 Å². The highest BCUT2D eigenvalue weighted by Crippen LogP contribution is 2.20. The molecule has 3 N–H and O–H groups in total. The quantitative estimate of drug-likeness (QED) is 0.394. The van der Waals surface area contributed by atoms with E-state index in [0.29, 0.717) is 0 Å². The maximum atomic E-state index is 13.7. The van der Waals surface area contributed by atoms with E-state index in [1.54, 1.807) is 0 Å². The van der Waals surface area contributed by atoms with Gasteiger partial charge >= 0.3 is 0 Å². The topological polar surface area (TPSA) is 67.8 Å². The Labute approximate surface area is 118 Å². The predicted molar refractivity (Wildman–Crippen MR) is 69.6 cm³/mol. The molecule has 0 radical (unpaired) electrons. The Kier molecular flexibility index (Phi) is 4.32. The van der Waals surface area contributed by atoms with Crippen LogP contribution in [-0.4, -0.2) is 11.0 Å².